The Kier molecular flexibility index (Phi) is 5.36. The third-order valence-electron chi connectivity index (χ3n) is 4.53. The molecule has 0 radical (unpaired) electrons. The summed E-state index contributed by atoms with van der Waals surface area (Å²) in [4.78, 5) is 0. The molecule has 0 bridgehead atoms. The van der Waals surface area contributed by atoms with E-state index in [4.69, 9.17) is 9.26 Å². The normalized spacial score (nSPS) is 10.9. The van der Waals surface area contributed by atoms with E-state index in [0.29, 0.717) is 17.1 Å². The Hall–Kier alpha value is -3.12. The fraction of sp³-hybridized carbons (Fsp3) is 0.0870. The van der Waals surface area contributed by atoms with E-state index in [0.717, 1.165) is 26.9 Å². The summed E-state index contributed by atoms with van der Waals surface area (Å²) in [5.41, 5.74) is 3.86. The van der Waals surface area contributed by atoms with Crippen LogP contribution in [0.4, 0.5) is 4.39 Å². The second-order valence-corrected chi connectivity index (χ2v) is 7.49. The van der Waals surface area contributed by atoms with Gasteiger partial charge < -0.3 is 14.4 Å². The van der Waals surface area contributed by atoms with Crippen molar-refractivity contribution >= 4 is 15.9 Å². The van der Waals surface area contributed by atoms with Gasteiger partial charge in [0.05, 0.1) is 16.8 Å². The fourth-order valence-electron chi connectivity index (χ4n) is 3.05. The zero-order chi connectivity index (χ0) is 20.4. The van der Waals surface area contributed by atoms with Gasteiger partial charge in [0.1, 0.15) is 23.9 Å². The number of hydrogen-bond acceptors (Lipinski definition) is 4. The average Bonchev–Trinajstić information content (AvgIpc) is 3.09. The topological polar surface area (TPSA) is 55.5 Å². The zero-order valence-electron chi connectivity index (χ0n) is 15.5. The molecule has 0 saturated heterocycles. The van der Waals surface area contributed by atoms with E-state index in [1.807, 2.05) is 31.2 Å². The van der Waals surface area contributed by atoms with E-state index in [1.54, 1.807) is 24.3 Å². The number of aromatic nitrogens is 1. The summed E-state index contributed by atoms with van der Waals surface area (Å²) in [6.45, 7) is 2.13. The van der Waals surface area contributed by atoms with Gasteiger partial charge in [-0.2, -0.15) is 0 Å². The number of ether oxygens (including phenoxy) is 1. The molecule has 4 rings (SSSR count). The number of halogens is 2. The number of aromatic hydroxyl groups is 1. The Morgan fingerprint density at radius 2 is 1.76 bits per heavy atom. The van der Waals surface area contributed by atoms with Crippen LogP contribution in [0, 0.1) is 12.7 Å². The molecule has 1 heterocycles. The molecule has 0 atom stereocenters. The number of rotatable bonds is 5. The first-order valence-electron chi connectivity index (χ1n) is 8.94. The van der Waals surface area contributed by atoms with Gasteiger partial charge >= 0.3 is 0 Å². The fourth-order valence-corrected chi connectivity index (χ4v) is 3.31. The molecule has 0 aliphatic carbocycles. The molecule has 1 N–H and O–H groups in total. The molecule has 0 amide bonds. The van der Waals surface area contributed by atoms with Crippen molar-refractivity contribution in [1.29, 1.82) is 0 Å². The van der Waals surface area contributed by atoms with Crippen LogP contribution in [0.2, 0.25) is 0 Å². The largest absolute Gasteiger partial charge is 0.507 e. The van der Waals surface area contributed by atoms with E-state index in [2.05, 4.69) is 21.1 Å². The third-order valence-corrected chi connectivity index (χ3v) is 5.06. The SMILES string of the molecule is Cc1noc(-c2ccc(OCc3ccc(F)cc3)cc2O)c1-c1ccc(Br)cc1. The first-order valence-corrected chi connectivity index (χ1v) is 9.73. The van der Waals surface area contributed by atoms with Gasteiger partial charge in [0.15, 0.2) is 5.76 Å². The number of benzene rings is 3. The number of hydrogen-bond donors (Lipinski definition) is 1. The molecule has 0 aliphatic heterocycles. The molecule has 0 unspecified atom stereocenters. The summed E-state index contributed by atoms with van der Waals surface area (Å²) in [6.07, 6.45) is 0. The van der Waals surface area contributed by atoms with Crippen molar-refractivity contribution in [3.8, 4) is 33.9 Å². The van der Waals surface area contributed by atoms with E-state index in [9.17, 15) is 9.50 Å². The van der Waals surface area contributed by atoms with Crippen LogP contribution in [0.3, 0.4) is 0 Å². The average molecular weight is 454 g/mol. The lowest BCUT2D eigenvalue weighted by Gasteiger charge is -2.09. The minimum absolute atomic E-state index is 0.0242. The van der Waals surface area contributed by atoms with Crippen molar-refractivity contribution in [1.82, 2.24) is 5.16 Å². The second-order valence-electron chi connectivity index (χ2n) is 6.57. The van der Waals surface area contributed by atoms with Crippen LogP contribution in [0.15, 0.2) is 75.7 Å². The van der Waals surface area contributed by atoms with Crippen LogP contribution >= 0.6 is 15.9 Å². The lowest BCUT2D eigenvalue weighted by molar-refractivity contribution is 0.304. The van der Waals surface area contributed by atoms with Crippen LogP contribution < -0.4 is 4.74 Å². The summed E-state index contributed by atoms with van der Waals surface area (Å²) in [7, 11) is 0. The van der Waals surface area contributed by atoms with Gasteiger partial charge in [-0.25, -0.2) is 4.39 Å². The molecule has 4 aromatic rings. The highest BCUT2D eigenvalue weighted by Gasteiger charge is 2.20. The number of phenols is 1. The van der Waals surface area contributed by atoms with Crippen molar-refractivity contribution in [2.45, 2.75) is 13.5 Å². The quantitative estimate of drug-likeness (QED) is 0.374. The maximum atomic E-state index is 13.0. The van der Waals surface area contributed by atoms with Crippen LogP contribution in [-0.4, -0.2) is 10.3 Å². The second kappa shape index (κ2) is 8.09. The Balaban J connectivity index is 1.60. The summed E-state index contributed by atoms with van der Waals surface area (Å²) >= 11 is 3.43. The molecular weight excluding hydrogens is 437 g/mol. The summed E-state index contributed by atoms with van der Waals surface area (Å²) in [6, 6.07) is 18.9. The molecule has 4 nitrogen and oxygen atoms in total. The lowest BCUT2D eigenvalue weighted by Crippen LogP contribution is -1.95. The summed E-state index contributed by atoms with van der Waals surface area (Å²) in [5.74, 6) is 0.722. The van der Waals surface area contributed by atoms with Crippen molar-refractivity contribution in [3.05, 3.63) is 88.3 Å². The molecule has 0 spiro atoms. The van der Waals surface area contributed by atoms with Crippen molar-refractivity contribution < 1.29 is 18.8 Å². The molecule has 146 valence electrons. The maximum absolute atomic E-state index is 13.0. The van der Waals surface area contributed by atoms with Gasteiger partial charge in [-0.3, -0.25) is 0 Å². The summed E-state index contributed by atoms with van der Waals surface area (Å²) in [5, 5.41) is 14.7. The van der Waals surface area contributed by atoms with Gasteiger partial charge in [-0.15, -0.1) is 0 Å². The number of phenolic OH excluding ortho intramolecular Hbond substituents is 1. The van der Waals surface area contributed by atoms with Crippen molar-refractivity contribution in [3.63, 3.8) is 0 Å². The monoisotopic (exact) mass is 453 g/mol. The number of aryl methyl sites for hydroxylation is 1. The minimum Gasteiger partial charge on any atom is -0.507 e. The molecule has 29 heavy (non-hydrogen) atoms. The molecule has 0 fully saturated rings. The van der Waals surface area contributed by atoms with Gasteiger partial charge in [-0.05, 0) is 54.4 Å². The molecule has 1 aromatic heterocycles. The zero-order valence-corrected chi connectivity index (χ0v) is 17.1. The van der Waals surface area contributed by atoms with E-state index in [-0.39, 0.29) is 18.2 Å². The van der Waals surface area contributed by atoms with Crippen LogP contribution in [0.25, 0.3) is 22.5 Å². The first kappa shape index (κ1) is 19.2. The number of nitrogens with zero attached hydrogens (tertiary/aromatic N) is 1. The predicted molar refractivity (Wildman–Crippen MR) is 112 cm³/mol. The third kappa shape index (κ3) is 4.17. The van der Waals surface area contributed by atoms with Crippen LogP contribution in [0.1, 0.15) is 11.3 Å². The minimum atomic E-state index is -0.292. The maximum Gasteiger partial charge on any atom is 0.178 e. The smallest absolute Gasteiger partial charge is 0.178 e. The highest BCUT2D eigenvalue weighted by atomic mass is 79.9. The van der Waals surface area contributed by atoms with E-state index >= 15 is 0 Å². The Labute approximate surface area is 175 Å². The van der Waals surface area contributed by atoms with Crippen molar-refractivity contribution in [2.24, 2.45) is 0 Å². The van der Waals surface area contributed by atoms with Crippen molar-refractivity contribution in [2.75, 3.05) is 0 Å². The Bertz CT molecular complexity index is 1140. The van der Waals surface area contributed by atoms with E-state index < -0.39 is 0 Å². The Morgan fingerprint density at radius 3 is 2.45 bits per heavy atom. The van der Waals surface area contributed by atoms with Gasteiger partial charge in [0.25, 0.3) is 0 Å². The molecule has 6 heteroatoms. The van der Waals surface area contributed by atoms with Gasteiger partial charge in [-0.1, -0.05) is 45.4 Å². The molecule has 0 saturated carbocycles. The van der Waals surface area contributed by atoms with Crippen LogP contribution in [-0.2, 0) is 6.61 Å². The van der Waals surface area contributed by atoms with Crippen LogP contribution in [0.5, 0.6) is 11.5 Å². The lowest BCUT2D eigenvalue weighted by atomic mass is 9.99. The standard InChI is InChI=1S/C23H17BrFNO3/c1-14-22(16-4-6-17(24)7-5-16)23(29-26-14)20-11-10-19(12-21(20)27)28-13-15-2-8-18(25)9-3-15/h2-12,27H,13H2,1H3. The van der Waals surface area contributed by atoms with Gasteiger partial charge in [0, 0.05) is 10.5 Å². The predicted octanol–water partition coefficient (Wildman–Crippen LogP) is 6.50. The highest BCUT2D eigenvalue weighted by Crippen LogP contribution is 2.40. The summed E-state index contributed by atoms with van der Waals surface area (Å²) < 4.78 is 25.2. The van der Waals surface area contributed by atoms with E-state index in [1.165, 1.54) is 18.2 Å². The highest BCUT2D eigenvalue weighted by molar-refractivity contribution is 9.10. The molecule has 3 aromatic carbocycles. The Morgan fingerprint density at radius 1 is 1.03 bits per heavy atom. The molecular formula is C23H17BrFNO3. The molecule has 0 aliphatic rings. The van der Waals surface area contributed by atoms with Gasteiger partial charge in [0.2, 0.25) is 0 Å². The first-order chi connectivity index (χ1) is 14.0.